The molecule has 4 rings (SSSR count). The van der Waals surface area contributed by atoms with E-state index in [0.717, 1.165) is 42.4 Å². The molecule has 26 heavy (non-hydrogen) atoms. The number of fused-ring (bicyclic) bond motifs is 1. The fourth-order valence-corrected chi connectivity index (χ4v) is 3.38. The van der Waals surface area contributed by atoms with Crippen LogP contribution < -0.4 is 5.32 Å². The van der Waals surface area contributed by atoms with Gasteiger partial charge in [0.25, 0.3) is 5.91 Å². The van der Waals surface area contributed by atoms with Gasteiger partial charge in [0.15, 0.2) is 5.65 Å². The van der Waals surface area contributed by atoms with Crippen LogP contribution in [0.15, 0.2) is 30.7 Å². The number of nitrogens with zero attached hydrogens (tertiary/aromatic N) is 5. The van der Waals surface area contributed by atoms with E-state index in [4.69, 9.17) is 4.98 Å². The van der Waals surface area contributed by atoms with Gasteiger partial charge in [0.05, 0.1) is 23.2 Å². The minimum Gasteiger partial charge on any atom is -0.352 e. The second kappa shape index (κ2) is 6.90. The van der Waals surface area contributed by atoms with Gasteiger partial charge in [-0.15, -0.1) is 0 Å². The number of carbonyl (C=O) groups excluding carboxylic acids is 1. The van der Waals surface area contributed by atoms with E-state index in [1.54, 1.807) is 17.1 Å². The predicted octanol–water partition coefficient (Wildman–Crippen LogP) is 2.81. The van der Waals surface area contributed by atoms with E-state index in [1.165, 1.54) is 0 Å². The molecule has 7 nitrogen and oxygen atoms in total. The zero-order valence-electron chi connectivity index (χ0n) is 15.2. The molecule has 1 amide bonds. The summed E-state index contributed by atoms with van der Waals surface area (Å²) in [5.74, 6) is 0.438. The standard InChI is InChI=1S/C19H24N6O/c1-3-14(25-10-4-8-21-25)7-9-20-19(26)15-11-17(13-5-6-13)23-18-16(15)12-22-24(18)2/h4,8,10-14H,3,5-7,9H2,1-2H3,(H,20,26). The first kappa shape index (κ1) is 16.8. The number of amides is 1. The Bertz CT molecular complexity index is 910. The number of aromatic nitrogens is 5. The van der Waals surface area contributed by atoms with Crippen LogP contribution >= 0.6 is 0 Å². The van der Waals surface area contributed by atoms with Gasteiger partial charge in [0.2, 0.25) is 0 Å². The SMILES string of the molecule is CCC(CCNC(=O)c1cc(C2CC2)nc2c1cnn2C)n1cccn1. The molecule has 1 fully saturated rings. The van der Waals surface area contributed by atoms with Crippen molar-refractivity contribution in [2.75, 3.05) is 6.54 Å². The molecule has 0 saturated heterocycles. The Balaban J connectivity index is 1.49. The van der Waals surface area contributed by atoms with Gasteiger partial charge in [-0.2, -0.15) is 10.2 Å². The normalized spacial score (nSPS) is 15.3. The molecule has 1 saturated carbocycles. The molecule has 1 aliphatic rings. The molecule has 1 atom stereocenters. The lowest BCUT2D eigenvalue weighted by atomic mass is 10.1. The summed E-state index contributed by atoms with van der Waals surface area (Å²) in [6, 6.07) is 4.17. The monoisotopic (exact) mass is 352 g/mol. The highest BCUT2D eigenvalue weighted by Crippen LogP contribution is 2.40. The number of aryl methyl sites for hydroxylation is 1. The fourth-order valence-electron chi connectivity index (χ4n) is 3.38. The summed E-state index contributed by atoms with van der Waals surface area (Å²) >= 11 is 0. The summed E-state index contributed by atoms with van der Waals surface area (Å²) in [4.78, 5) is 17.5. The third kappa shape index (κ3) is 3.21. The minimum absolute atomic E-state index is 0.0531. The van der Waals surface area contributed by atoms with E-state index < -0.39 is 0 Å². The molecule has 3 heterocycles. The maximum absolute atomic E-state index is 12.8. The minimum atomic E-state index is -0.0531. The van der Waals surface area contributed by atoms with Crippen LogP contribution in [0.3, 0.4) is 0 Å². The van der Waals surface area contributed by atoms with E-state index >= 15 is 0 Å². The van der Waals surface area contributed by atoms with Gasteiger partial charge in [-0.05, 0) is 37.8 Å². The maximum atomic E-state index is 12.8. The molecule has 3 aromatic rings. The second-order valence-corrected chi connectivity index (χ2v) is 6.97. The van der Waals surface area contributed by atoms with E-state index in [9.17, 15) is 4.79 Å². The van der Waals surface area contributed by atoms with E-state index in [-0.39, 0.29) is 5.91 Å². The van der Waals surface area contributed by atoms with Crippen molar-refractivity contribution in [3.8, 4) is 0 Å². The Morgan fingerprint density at radius 1 is 1.38 bits per heavy atom. The highest BCUT2D eigenvalue weighted by Gasteiger charge is 2.27. The quantitative estimate of drug-likeness (QED) is 0.709. The highest BCUT2D eigenvalue weighted by atomic mass is 16.1. The van der Waals surface area contributed by atoms with Crippen LogP contribution in [0.1, 0.15) is 60.6 Å². The third-order valence-corrected chi connectivity index (χ3v) is 5.10. The van der Waals surface area contributed by atoms with E-state index in [0.29, 0.717) is 24.1 Å². The van der Waals surface area contributed by atoms with E-state index in [2.05, 4.69) is 22.4 Å². The first-order valence-electron chi connectivity index (χ1n) is 9.27. The van der Waals surface area contributed by atoms with Crippen LogP contribution in [0.5, 0.6) is 0 Å². The van der Waals surface area contributed by atoms with Gasteiger partial charge in [-0.25, -0.2) is 4.98 Å². The van der Waals surface area contributed by atoms with Crippen LogP contribution in [0, 0.1) is 0 Å². The van der Waals surface area contributed by atoms with Gasteiger partial charge in [0, 0.05) is 37.6 Å². The zero-order chi connectivity index (χ0) is 18.1. The number of pyridine rings is 1. The molecule has 1 unspecified atom stereocenters. The van der Waals surface area contributed by atoms with Gasteiger partial charge in [0.1, 0.15) is 0 Å². The Morgan fingerprint density at radius 3 is 2.92 bits per heavy atom. The van der Waals surface area contributed by atoms with Crippen molar-refractivity contribution in [3.63, 3.8) is 0 Å². The predicted molar refractivity (Wildman–Crippen MR) is 99.0 cm³/mol. The molecule has 0 radical (unpaired) electrons. The van der Waals surface area contributed by atoms with Crippen LogP contribution in [-0.4, -0.2) is 37.0 Å². The van der Waals surface area contributed by atoms with Crippen molar-refractivity contribution in [1.82, 2.24) is 29.9 Å². The smallest absolute Gasteiger partial charge is 0.252 e. The summed E-state index contributed by atoms with van der Waals surface area (Å²) < 4.78 is 3.70. The van der Waals surface area contributed by atoms with Gasteiger partial charge < -0.3 is 5.32 Å². The summed E-state index contributed by atoms with van der Waals surface area (Å²) in [6.07, 6.45) is 9.62. The third-order valence-electron chi connectivity index (χ3n) is 5.10. The Kier molecular flexibility index (Phi) is 4.44. The van der Waals surface area contributed by atoms with Crippen molar-refractivity contribution in [1.29, 1.82) is 0 Å². The topological polar surface area (TPSA) is 77.6 Å². The number of carbonyl (C=O) groups is 1. The summed E-state index contributed by atoms with van der Waals surface area (Å²) in [5, 5.41) is 12.5. The molecule has 0 aromatic carbocycles. The van der Waals surface area contributed by atoms with Crippen LogP contribution in [0.2, 0.25) is 0 Å². The lowest BCUT2D eigenvalue weighted by molar-refractivity contribution is 0.0952. The number of hydrogen-bond acceptors (Lipinski definition) is 4. The van der Waals surface area contributed by atoms with Crippen molar-refractivity contribution in [2.45, 2.75) is 44.6 Å². The van der Waals surface area contributed by atoms with Crippen molar-refractivity contribution in [3.05, 3.63) is 42.0 Å². The summed E-state index contributed by atoms with van der Waals surface area (Å²) in [5.41, 5.74) is 2.47. The first-order valence-corrected chi connectivity index (χ1v) is 9.27. The van der Waals surface area contributed by atoms with E-state index in [1.807, 2.05) is 30.1 Å². The lowest BCUT2D eigenvalue weighted by Gasteiger charge is -2.16. The van der Waals surface area contributed by atoms with Crippen molar-refractivity contribution >= 4 is 16.9 Å². The van der Waals surface area contributed by atoms with Crippen molar-refractivity contribution < 1.29 is 4.79 Å². The Morgan fingerprint density at radius 2 is 2.23 bits per heavy atom. The second-order valence-electron chi connectivity index (χ2n) is 6.97. The lowest BCUT2D eigenvalue weighted by Crippen LogP contribution is -2.27. The van der Waals surface area contributed by atoms with Crippen molar-refractivity contribution in [2.24, 2.45) is 7.05 Å². The molecular weight excluding hydrogens is 328 g/mol. The molecule has 0 bridgehead atoms. The Hall–Kier alpha value is -2.70. The van der Waals surface area contributed by atoms with Gasteiger partial charge >= 0.3 is 0 Å². The molecule has 136 valence electrons. The number of rotatable bonds is 7. The van der Waals surface area contributed by atoms with Gasteiger partial charge in [-0.1, -0.05) is 6.92 Å². The van der Waals surface area contributed by atoms with Crippen LogP contribution in [0.25, 0.3) is 11.0 Å². The largest absolute Gasteiger partial charge is 0.352 e. The molecule has 3 aromatic heterocycles. The molecule has 1 N–H and O–H groups in total. The molecule has 7 heteroatoms. The summed E-state index contributed by atoms with van der Waals surface area (Å²) in [7, 11) is 1.86. The highest BCUT2D eigenvalue weighted by molar-refractivity contribution is 6.05. The molecule has 0 aliphatic heterocycles. The average Bonchev–Trinajstić information content (AvgIpc) is 3.24. The number of nitrogens with one attached hydrogen (secondary N) is 1. The fraction of sp³-hybridized carbons (Fsp3) is 0.474. The first-order chi connectivity index (χ1) is 12.7. The average molecular weight is 352 g/mol. The Labute approximate surface area is 152 Å². The zero-order valence-corrected chi connectivity index (χ0v) is 15.2. The van der Waals surface area contributed by atoms with Crippen LogP contribution in [0.4, 0.5) is 0 Å². The maximum Gasteiger partial charge on any atom is 0.252 e. The van der Waals surface area contributed by atoms with Gasteiger partial charge in [-0.3, -0.25) is 14.2 Å². The number of hydrogen-bond donors (Lipinski definition) is 1. The summed E-state index contributed by atoms with van der Waals surface area (Å²) in [6.45, 7) is 2.75. The molecule has 1 aliphatic carbocycles. The molecule has 0 spiro atoms. The van der Waals surface area contributed by atoms with Crippen LogP contribution in [-0.2, 0) is 7.05 Å². The molecular formula is C19H24N6O.